The predicted octanol–water partition coefficient (Wildman–Crippen LogP) is 2.55. The third-order valence-electron chi connectivity index (χ3n) is 2.43. The largest absolute Gasteiger partial charge is 0.397 e. The molecule has 1 aromatic rings. The number of rotatable bonds is 6. The molecule has 0 bridgehead atoms. The van der Waals surface area contributed by atoms with Crippen LogP contribution in [0.2, 0.25) is 0 Å². The van der Waals surface area contributed by atoms with Crippen molar-refractivity contribution < 1.29 is 36.2 Å². The fourth-order valence-electron chi connectivity index (χ4n) is 1.51. The number of amides is 1. The van der Waals surface area contributed by atoms with Crippen LogP contribution in [0.3, 0.4) is 0 Å². The molecular weight excluding hydrogens is 336 g/mol. The van der Waals surface area contributed by atoms with E-state index < -0.39 is 53.7 Å². The minimum absolute atomic E-state index is 0.243. The van der Waals surface area contributed by atoms with Crippen LogP contribution in [0.4, 0.5) is 26.3 Å². The maximum absolute atomic E-state index is 13.1. The van der Waals surface area contributed by atoms with Gasteiger partial charge in [0.2, 0.25) is 5.91 Å². The minimum Gasteiger partial charge on any atom is -0.394 e. The summed E-state index contributed by atoms with van der Waals surface area (Å²) in [4.78, 5) is 11.4. The number of hydrogen-bond acceptors (Lipinski definition) is 3. The highest BCUT2D eigenvalue weighted by Crippen LogP contribution is 2.22. The summed E-state index contributed by atoms with van der Waals surface area (Å²) in [5.41, 5.74) is -0.243. The summed E-state index contributed by atoms with van der Waals surface area (Å²) >= 11 is 0.298. The van der Waals surface area contributed by atoms with E-state index in [1.54, 1.807) is 0 Å². The molecule has 124 valence electrons. The Kier molecular flexibility index (Phi) is 6.54. The predicted molar refractivity (Wildman–Crippen MR) is 67.7 cm³/mol. The van der Waals surface area contributed by atoms with E-state index in [0.29, 0.717) is 23.9 Å². The zero-order valence-corrected chi connectivity index (χ0v) is 11.7. The quantitative estimate of drug-likeness (QED) is 0.614. The molecular formula is C12H11F6NO2S. The molecule has 0 aliphatic carbocycles. The van der Waals surface area contributed by atoms with Gasteiger partial charge in [-0.25, -0.2) is 13.2 Å². The highest BCUT2D eigenvalue weighted by Gasteiger charge is 2.27. The number of aliphatic hydroxyl groups excluding tert-OH is 1. The third-order valence-corrected chi connectivity index (χ3v) is 3.42. The Bertz CT molecular complexity index is 514. The van der Waals surface area contributed by atoms with Gasteiger partial charge in [0, 0.05) is 0 Å². The Balaban J connectivity index is 2.67. The van der Waals surface area contributed by atoms with Crippen LogP contribution in [-0.4, -0.2) is 35.3 Å². The molecule has 0 aliphatic rings. The summed E-state index contributed by atoms with van der Waals surface area (Å²) in [6.07, 6.45) is -4.43. The van der Waals surface area contributed by atoms with Crippen molar-refractivity contribution in [1.29, 1.82) is 0 Å². The number of benzene rings is 1. The number of aliphatic hydroxyl groups is 1. The second-order valence-electron chi connectivity index (χ2n) is 4.21. The van der Waals surface area contributed by atoms with Crippen LogP contribution in [0.15, 0.2) is 12.1 Å². The lowest BCUT2D eigenvalue weighted by molar-refractivity contribution is -0.119. The number of thioether (sulfide) groups is 1. The third kappa shape index (κ3) is 5.76. The lowest BCUT2D eigenvalue weighted by Gasteiger charge is -2.17. The van der Waals surface area contributed by atoms with E-state index in [2.05, 4.69) is 5.32 Å². The average Bonchev–Trinajstić information content (AvgIpc) is 2.40. The Morgan fingerprint density at radius 1 is 1.23 bits per heavy atom. The fourth-order valence-corrected chi connectivity index (χ4v) is 2.11. The van der Waals surface area contributed by atoms with E-state index in [-0.39, 0.29) is 5.56 Å². The summed E-state index contributed by atoms with van der Waals surface area (Å²) in [5.74, 6) is -7.36. The fraction of sp³-hybridized carbons (Fsp3) is 0.417. The standard InChI is InChI=1S/C12H11F6NO2S/c13-7-1-6(2-8(14)11(7)15)9(3-20)19-10(21)4-22-5-12(16,17)18/h1-2,9,20H,3-5H2,(H,19,21). The Morgan fingerprint density at radius 3 is 2.23 bits per heavy atom. The number of carbonyl (C=O) groups excluding carboxylic acids is 1. The van der Waals surface area contributed by atoms with E-state index in [0.717, 1.165) is 0 Å². The molecule has 0 fully saturated rings. The minimum atomic E-state index is -4.43. The van der Waals surface area contributed by atoms with E-state index in [1.165, 1.54) is 0 Å². The number of halogens is 6. The molecule has 22 heavy (non-hydrogen) atoms. The van der Waals surface area contributed by atoms with Gasteiger partial charge in [-0.2, -0.15) is 13.2 Å². The first kappa shape index (κ1) is 18.6. The lowest BCUT2D eigenvalue weighted by Crippen LogP contribution is -2.32. The molecule has 0 saturated heterocycles. The normalized spacial score (nSPS) is 13.0. The number of carbonyl (C=O) groups is 1. The molecule has 0 aliphatic heterocycles. The maximum Gasteiger partial charge on any atom is 0.397 e. The summed E-state index contributed by atoms with van der Waals surface area (Å²) in [6, 6.07) is -0.0891. The van der Waals surface area contributed by atoms with Gasteiger partial charge < -0.3 is 10.4 Å². The lowest BCUT2D eigenvalue weighted by atomic mass is 10.1. The monoisotopic (exact) mass is 347 g/mol. The van der Waals surface area contributed by atoms with Crippen LogP contribution in [0.1, 0.15) is 11.6 Å². The molecule has 1 unspecified atom stereocenters. The van der Waals surface area contributed by atoms with Crippen molar-refractivity contribution in [3.05, 3.63) is 35.1 Å². The number of alkyl halides is 3. The molecule has 2 N–H and O–H groups in total. The molecule has 1 rings (SSSR count). The Labute approximate surface area is 125 Å². The highest BCUT2D eigenvalue weighted by atomic mass is 32.2. The van der Waals surface area contributed by atoms with E-state index in [1.807, 2.05) is 0 Å². The van der Waals surface area contributed by atoms with Crippen LogP contribution >= 0.6 is 11.8 Å². The van der Waals surface area contributed by atoms with Gasteiger partial charge in [0.15, 0.2) is 17.5 Å². The first-order valence-electron chi connectivity index (χ1n) is 5.83. The molecule has 1 atom stereocenters. The van der Waals surface area contributed by atoms with Gasteiger partial charge >= 0.3 is 6.18 Å². The second-order valence-corrected chi connectivity index (χ2v) is 5.19. The smallest absolute Gasteiger partial charge is 0.394 e. The first-order chi connectivity index (χ1) is 10.1. The van der Waals surface area contributed by atoms with Crippen LogP contribution in [0, 0.1) is 17.5 Å². The number of nitrogens with one attached hydrogen (secondary N) is 1. The molecule has 10 heteroatoms. The van der Waals surface area contributed by atoms with Gasteiger partial charge in [0.05, 0.1) is 24.2 Å². The first-order valence-corrected chi connectivity index (χ1v) is 6.98. The summed E-state index contributed by atoms with van der Waals surface area (Å²) in [6.45, 7) is -0.764. The van der Waals surface area contributed by atoms with Crippen LogP contribution in [0.5, 0.6) is 0 Å². The van der Waals surface area contributed by atoms with E-state index >= 15 is 0 Å². The van der Waals surface area contributed by atoms with Crippen LogP contribution in [0.25, 0.3) is 0 Å². The van der Waals surface area contributed by atoms with Crippen LogP contribution in [-0.2, 0) is 4.79 Å². The van der Waals surface area contributed by atoms with E-state index in [9.17, 15) is 31.1 Å². The topological polar surface area (TPSA) is 49.3 Å². The molecule has 1 amide bonds. The molecule has 1 aromatic carbocycles. The molecule has 0 heterocycles. The zero-order chi connectivity index (χ0) is 16.9. The Morgan fingerprint density at radius 2 is 1.77 bits per heavy atom. The van der Waals surface area contributed by atoms with Gasteiger partial charge in [-0.15, -0.1) is 11.8 Å². The molecule has 0 aromatic heterocycles. The van der Waals surface area contributed by atoms with E-state index in [4.69, 9.17) is 5.11 Å². The van der Waals surface area contributed by atoms with Gasteiger partial charge in [-0.3, -0.25) is 4.79 Å². The Hall–Kier alpha value is -1.42. The summed E-state index contributed by atoms with van der Waals surface area (Å²) in [7, 11) is 0. The molecule has 3 nitrogen and oxygen atoms in total. The summed E-state index contributed by atoms with van der Waals surface area (Å²) in [5, 5.41) is 11.2. The van der Waals surface area contributed by atoms with Crippen LogP contribution < -0.4 is 5.32 Å². The van der Waals surface area contributed by atoms with Crippen molar-refractivity contribution >= 4 is 17.7 Å². The van der Waals surface area contributed by atoms with Crippen molar-refractivity contribution in [1.82, 2.24) is 5.32 Å². The zero-order valence-electron chi connectivity index (χ0n) is 10.9. The van der Waals surface area contributed by atoms with Crippen molar-refractivity contribution in [3.63, 3.8) is 0 Å². The maximum atomic E-state index is 13.1. The van der Waals surface area contributed by atoms with Gasteiger partial charge in [0.25, 0.3) is 0 Å². The SMILES string of the molecule is O=C(CSCC(F)(F)F)NC(CO)c1cc(F)c(F)c(F)c1. The second kappa shape index (κ2) is 7.73. The summed E-state index contributed by atoms with van der Waals surface area (Å²) < 4.78 is 74.7. The highest BCUT2D eigenvalue weighted by molar-refractivity contribution is 8.00. The van der Waals surface area contributed by atoms with Crippen molar-refractivity contribution in [2.24, 2.45) is 0 Å². The van der Waals surface area contributed by atoms with Gasteiger partial charge in [-0.1, -0.05) is 0 Å². The number of hydrogen-bond donors (Lipinski definition) is 2. The van der Waals surface area contributed by atoms with Gasteiger partial charge in [-0.05, 0) is 17.7 Å². The van der Waals surface area contributed by atoms with Gasteiger partial charge in [0.1, 0.15) is 0 Å². The molecule has 0 radical (unpaired) electrons. The van der Waals surface area contributed by atoms with Crippen molar-refractivity contribution in [2.45, 2.75) is 12.2 Å². The molecule has 0 spiro atoms. The molecule has 0 saturated carbocycles. The average molecular weight is 347 g/mol. The van der Waals surface area contributed by atoms with Crippen molar-refractivity contribution in [3.8, 4) is 0 Å². The van der Waals surface area contributed by atoms with Crippen molar-refractivity contribution in [2.75, 3.05) is 18.1 Å².